The van der Waals surface area contributed by atoms with Gasteiger partial charge in [-0.2, -0.15) is 0 Å². The maximum atomic E-state index is 11.4. The molecule has 0 N–H and O–H groups in total. The lowest BCUT2D eigenvalue weighted by molar-refractivity contribution is 0.112. The number of carbonyl (C=O) groups excluding carboxylic acids is 1. The van der Waals surface area contributed by atoms with Gasteiger partial charge in [-0.15, -0.1) is 0 Å². The third kappa shape index (κ3) is 4.63. The standard InChI is InChI=1S/C20H30BrNO2Si/c1-19(2,3)25(6,7)24-14-20(4,5)13-22-11-15(12-23)17-9-8-16(21)10-18(17)22/h8-12H,13-14H2,1-7H3. The molecule has 0 atom stereocenters. The van der Waals surface area contributed by atoms with E-state index in [1.807, 2.05) is 18.3 Å². The summed E-state index contributed by atoms with van der Waals surface area (Å²) in [6, 6.07) is 6.05. The fourth-order valence-electron chi connectivity index (χ4n) is 2.62. The second-order valence-electron chi connectivity index (χ2n) is 9.20. The molecule has 0 unspecified atom stereocenters. The van der Waals surface area contributed by atoms with Crippen molar-refractivity contribution in [3.05, 3.63) is 34.4 Å². The van der Waals surface area contributed by atoms with Crippen molar-refractivity contribution in [1.82, 2.24) is 4.57 Å². The van der Waals surface area contributed by atoms with Crippen LogP contribution in [0.15, 0.2) is 28.9 Å². The first-order valence-corrected chi connectivity index (χ1v) is 12.4. The molecule has 1 aromatic heterocycles. The van der Waals surface area contributed by atoms with Gasteiger partial charge in [0.2, 0.25) is 0 Å². The number of hydrogen-bond donors (Lipinski definition) is 0. The van der Waals surface area contributed by atoms with E-state index in [1.54, 1.807) is 0 Å². The van der Waals surface area contributed by atoms with Crippen molar-refractivity contribution >= 4 is 41.4 Å². The Bertz CT molecular complexity index is 772. The zero-order valence-corrected chi connectivity index (χ0v) is 19.0. The first-order chi connectivity index (χ1) is 11.4. The Morgan fingerprint density at radius 1 is 1.20 bits per heavy atom. The molecule has 0 radical (unpaired) electrons. The van der Waals surface area contributed by atoms with Gasteiger partial charge in [0, 0.05) is 45.7 Å². The number of aromatic nitrogens is 1. The number of hydrogen-bond acceptors (Lipinski definition) is 2. The van der Waals surface area contributed by atoms with Gasteiger partial charge in [0.05, 0.1) is 0 Å². The van der Waals surface area contributed by atoms with Crippen LogP contribution in [-0.4, -0.2) is 25.8 Å². The van der Waals surface area contributed by atoms with Crippen molar-refractivity contribution < 1.29 is 9.22 Å². The molecule has 1 heterocycles. The van der Waals surface area contributed by atoms with E-state index in [-0.39, 0.29) is 10.5 Å². The highest BCUT2D eigenvalue weighted by Crippen LogP contribution is 2.38. The summed E-state index contributed by atoms with van der Waals surface area (Å²) in [6.45, 7) is 17.3. The van der Waals surface area contributed by atoms with Crippen molar-refractivity contribution in [2.24, 2.45) is 5.41 Å². The van der Waals surface area contributed by atoms with Gasteiger partial charge < -0.3 is 8.99 Å². The SMILES string of the molecule is CC(C)(CO[Si](C)(C)C(C)(C)C)Cn1cc(C=O)c2ccc(Br)cc21. The molecule has 1 aromatic carbocycles. The molecule has 2 aromatic rings. The summed E-state index contributed by atoms with van der Waals surface area (Å²) in [5.74, 6) is 0. The molecule has 0 saturated heterocycles. The summed E-state index contributed by atoms with van der Waals surface area (Å²) in [6.07, 6.45) is 2.89. The van der Waals surface area contributed by atoms with Crippen molar-refractivity contribution in [2.45, 2.75) is 59.3 Å². The van der Waals surface area contributed by atoms with Crippen LogP contribution in [0.25, 0.3) is 10.9 Å². The van der Waals surface area contributed by atoms with E-state index < -0.39 is 8.32 Å². The van der Waals surface area contributed by atoms with Crippen molar-refractivity contribution in [1.29, 1.82) is 0 Å². The lowest BCUT2D eigenvalue weighted by atomic mass is 9.95. The maximum Gasteiger partial charge on any atom is 0.192 e. The zero-order valence-electron chi connectivity index (χ0n) is 16.4. The van der Waals surface area contributed by atoms with Crippen LogP contribution in [0, 0.1) is 5.41 Å². The Kier molecular flexibility index (Phi) is 5.72. The van der Waals surface area contributed by atoms with Crippen molar-refractivity contribution in [2.75, 3.05) is 6.61 Å². The number of aldehydes is 1. The molecule has 0 aliphatic heterocycles. The van der Waals surface area contributed by atoms with E-state index >= 15 is 0 Å². The number of halogens is 1. The van der Waals surface area contributed by atoms with Gasteiger partial charge in [-0.25, -0.2) is 0 Å². The Labute approximate surface area is 161 Å². The average molecular weight is 424 g/mol. The van der Waals surface area contributed by atoms with Gasteiger partial charge in [-0.1, -0.05) is 56.6 Å². The fourth-order valence-corrected chi connectivity index (χ4v) is 4.15. The highest BCUT2D eigenvalue weighted by molar-refractivity contribution is 9.10. The fraction of sp³-hybridized carbons (Fsp3) is 0.550. The van der Waals surface area contributed by atoms with E-state index in [9.17, 15) is 4.79 Å². The van der Waals surface area contributed by atoms with E-state index in [4.69, 9.17) is 4.43 Å². The van der Waals surface area contributed by atoms with Crippen LogP contribution < -0.4 is 0 Å². The number of nitrogens with zero attached hydrogens (tertiary/aromatic N) is 1. The molecule has 3 nitrogen and oxygen atoms in total. The van der Waals surface area contributed by atoms with Gasteiger partial charge in [0.15, 0.2) is 14.6 Å². The van der Waals surface area contributed by atoms with Crippen LogP contribution in [0.3, 0.4) is 0 Å². The number of rotatable bonds is 6. The molecule has 0 aliphatic carbocycles. The third-order valence-corrected chi connectivity index (χ3v) is 10.2. The van der Waals surface area contributed by atoms with Crippen LogP contribution >= 0.6 is 15.9 Å². The Morgan fingerprint density at radius 3 is 2.40 bits per heavy atom. The summed E-state index contributed by atoms with van der Waals surface area (Å²) in [4.78, 5) is 11.4. The summed E-state index contributed by atoms with van der Waals surface area (Å²) >= 11 is 3.54. The lowest BCUT2D eigenvalue weighted by Crippen LogP contribution is -2.43. The van der Waals surface area contributed by atoms with Crippen LogP contribution in [0.2, 0.25) is 18.1 Å². The molecule has 0 saturated carbocycles. The minimum Gasteiger partial charge on any atom is -0.416 e. The molecule has 0 fully saturated rings. The Hall–Kier alpha value is -0.913. The minimum atomic E-state index is -1.77. The second kappa shape index (κ2) is 7.01. The van der Waals surface area contributed by atoms with E-state index in [1.165, 1.54) is 0 Å². The summed E-state index contributed by atoms with van der Waals surface area (Å²) in [5, 5.41) is 1.21. The van der Waals surface area contributed by atoms with Crippen LogP contribution in [-0.2, 0) is 11.0 Å². The van der Waals surface area contributed by atoms with Crippen LogP contribution in [0.5, 0.6) is 0 Å². The van der Waals surface area contributed by atoms with Gasteiger partial charge in [0.25, 0.3) is 0 Å². The van der Waals surface area contributed by atoms with E-state index in [0.29, 0.717) is 6.61 Å². The highest BCUT2D eigenvalue weighted by atomic mass is 79.9. The molecule has 0 aliphatic rings. The zero-order chi connectivity index (χ0) is 19.0. The number of carbonyl (C=O) groups is 1. The summed E-state index contributed by atoms with van der Waals surface area (Å²) in [7, 11) is -1.77. The quantitative estimate of drug-likeness (QED) is 0.405. The predicted octanol–water partition coefficient (Wildman–Crippen LogP) is 6.26. The molecule has 0 bridgehead atoms. The first kappa shape index (κ1) is 20.4. The lowest BCUT2D eigenvalue weighted by Gasteiger charge is -2.39. The molecule has 138 valence electrons. The third-order valence-electron chi connectivity index (χ3n) is 5.23. The van der Waals surface area contributed by atoms with Crippen molar-refractivity contribution in [3.8, 4) is 0 Å². The molecule has 2 rings (SSSR count). The topological polar surface area (TPSA) is 31.2 Å². The molecule has 5 heteroatoms. The smallest absolute Gasteiger partial charge is 0.192 e. The van der Waals surface area contributed by atoms with Gasteiger partial charge in [-0.05, 0) is 30.3 Å². The largest absolute Gasteiger partial charge is 0.416 e. The molecule has 0 spiro atoms. The molecule has 0 amide bonds. The monoisotopic (exact) mass is 423 g/mol. The van der Waals surface area contributed by atoms with E-state index in [2.05, 4.69) is 74.3 Å². The normalized spacial score (nSPS) is 13.4. The molecule has 25 heavy (non-hydrogen) atoms. The maximum absolute atomic E-state index is 11.4. The minimum absolute atomic E-state index is 0.0239. The number of fused-ring (bicyclic) bond motifs is 1. The van der Waals surface area contributed by atoms with Gasteiger partial charge in [-0.3, -0.25) is 4.79 Å². The number of benzene rings is 1. The molecular formula is C20H30BrNO2Si. The molecular weight excluding hydrogens is 394 g/mol. The Morgan fingerprint density at radius 2 is 1.84 bits per heavy atom. The van der Waals surface area contributed by atoms with Crippen LogP contribution in [0.1, 0.15) is 45.0 Å². The highest BCUT2D eigenvalue weighted by Gasteiger charge is 2.38. The van der Waals surface area contributed by atoms with Gasteiger partial charge >= 0.3 is 0 Å². The predicted molar refractivity (Wildman–Crippen MR) is 112 cm³/mol. The van der Waals surface area contributed by atoms with E-state index in [0.717, 1.165) is 33.8 Å². The summed E-state index contributed by atoms with van der Waals surface area (Å²) < 4.78 is 9.65. The summed E-state index contributed by atoms with van der Waals surface area (Å²) in [5.41, 5.74) is 1.80. The van der Waals surface area contributed by atoms with Gasteiger partial charge in [0.1, 0.15) is 0 Å². The van der Waals surface area contributed by atoms with Crippen LogP contribution in [0.4, 0.5) is 0 Å². The first-order valence-electron chi connectivity index (χ1n) is 8.74. The second-order valence-corrected chi connectivity index (χ2v) is 14.9. The average Bonchev–Trinajstić information content (AvgIpc) is 2.81. The van der Waals surface area contributed by atoms with Crippen molar-refractivity contribution in [3.63, 3.8) is 0 Å². The Balaban J connectivity index is 2.24.